The number of benzene rings is 2. The number of hydrogen-bond donors (Lipinski definition) is 4. The van der Waals surface area contributed by atoms with Gasteiger partial charge in [-0.3, -0.25) is 4.90 Å². The molecule has 2 saturated heterocycles. The number of nitrogens with one attached hydrogen (secondary N) is 2. The van der Waals surface area contributed by atoms with Crippen LogP contribution < -0.4 is 15.5 Å². The third-order valence-corrected chi connectivity index (χ3v) is 10.4. The Kier molecular flexibility index (Phi) is 10.2. The third-order valence-electron chi connectivity index (χ3n) is 8.83. The first-order valence-electron chi connectivity index (χ1n) is 15.7. The Morgan fingerprint density at radius 3 is 2.53 bits per heavy atom. The lowest BCUT2D eigenvalue weighted by molar-refractivity contribution is 0.0815. The van der Waals surface area contributed by atoms with E-state index in [0.29, 0.717) is 45.5 Å². The second kappa shape index (κ2) is 14.3. The second-order valence-electron chi connectivity index (χ2n) is 12.1. The molecule has 2 fully saturated rings. The van der Waals surface area contributed by atoms with Crippen molar-refractivity contribution in [3.05, 3.63) is 58.8 Å². The maximum absolute atomic E-state index is 12.5. The minimum atomic E-state index is -3.63. The smallest absolute Gasteiger partial charge is 0.236 e. The first-order valence-corrected chi connectivity index (χ1v) is 18.3. The van der Waals surface area contributed by atoms with Crippen molar-refractivity contribution in [2.24, 2.45) is 0 Å². The number of piperazine rings is 1. The van der Waals surface area contributed by atoms with Gasteiger partial charge >= 0.3 is 0 Å². The molecular formula is C32H41BrN8O5S. The largest absolute Gasteiger partial charge is 0.507 e. The van der Waals surface area contributed by atoms with Crippen molar-refractivity contribution in [2.75, 3.05) is 81.3 Å². The van der Waals surface area contributed by atoms with Gasteiger partial charge in [0.05, 0.1) is 41.8 Å². The fourth-order valence-electron chi connectivity index (χ4n) is 6.36. The van der Waals surface area contributed by atoms with Crippen LogP contribution in [0.25, 0.3) is 10.9 Å². The Morgan fingerprint density at radius 2 is 1.81 bits per heavy atom. The quantitative estimate of drug-likeness (QED) is 0.131. The van der Waals surface area contributed by atoms with Crippen molar-refractivity contribution >= 4 is 65.7 Å². The van der Waals surface area contributed by atoms with E-state index in [2.05, 4.69) is 64.3 Å². The average Bonchev–Trinajstić information content (AvgIpc) is 3.52. The molecule has 6 rings (SSSR count). The van der Waals surface area contributed by atoms with Crippen LogP contribution in [0, 0.1) is 0 Å². The number of rotatable bonds is 11. The second-order valence-corrected chi connectivity index (χ2v) is 14.8. The molecule has 0 aliphatic carbocycles. The highest BCUT2D eigenvalue weighted by atomic mass is 79.9. The molecule has 0 atom stereocenters. The molecular weight excluding hydrogens is 688 g/mol. The number of halogens is 1. The van der Waals surface area contributed by atoms with Crippen molar-refractivity contribution < 1.29 is 23.4 Å². The Hall–Kier alpha value is -3.47. The lowest BCUT2D eigenvalue weighted by atomic mass is 10.0. The van der Waals surface area contributed by atoms with Gasteiger partial charge in [-0.05, 0) is 72.2 Å². The number of phenols is 1. The molecule has 4 heterocycles. The van der Waals surface area contributed by atoms with Gasteiger partial charge in [0.1, 0.15) is 11.6 Å². The van der Waals surface area contributed by atoms with Crippen LogP contribution in [-0.2, 0) is 21.4 Å². The van der Waals surface area contributed by atoms with Gasteiger partial charge in [-0.2, -0.15) is 4.98 Å². The predicted octanol–water partition coefficient (Wildman–Crippen LogP) is 3.92. The molecule has 4 aromatic rings. The molecule has 0 bridgehead atoms. The van der Waals surface area contributed by atoms with Gasteiger partial charge < -0.3 is 35.4 Å². The Bertz CT molecular complexity index is 1820. The van der Waals surface area contributed by atoms with Crippen LogP contribution in [0.4, 0.5) is 28.8 Å². The number of fused-ring (bicyclic) bond motifs is 1. The van der Waals surface area contributed by atoms with Gasteiger partial charge in [0, 0.05) is 80.0 Å². The van der Waals surface area contributed by atoms with E-state index in [1.54, 1.807) is 18.3 Å². The molecule has 0 amide bonds. The van der Waals surface area contributed by atoms with E-state index in [0.717, 1.165) is 79.3 Å². The number of phenolic OH excluding ortho intramolecular Hbond substituents is 1. The standard InChI is InChI=1S/C32H41BrN8O5S/c1-38-13-15-39(16-14-38)24-7-10-40(11-8-24)28-5-3-23(19-22(28)21-46-18-17-42)35-32-34-20-26(33)31(37-32)36-27-4-6-29(43)25-9-12-41(30(25)27)47(2,44)45/h3-6,9,12,19-20,24,42-43H,7-8,10-11,13-18,21H2,1-2H3,(H2,34,35,36,37). The van der Waals surface area contributed by atoms with E-state index in [-0.39, 0.29) is 19.0 Å². The maximum Gasteiger partial charge on any atom is 0.236 e. The number of aromatic hydroxyl groups is 1. The van der Waals surface area contributed by atoms with Gasteiger partial charge in [-0.15, -0.1) is 0 Å². The number of nitrogens with zero attached hydrogens (tertiary/aromatic N) is 6. The summed E-state index contributed by atoms with van der Waals surface area (Å²) in [6.07, 6.45) is 6.36. The molecule has 13 nitrogen and oxygen atoms in total. The van der Waals surface area contributed by atoms with Crippen molar-refractivity contribution in [3.63, 3.8) is 0 Å². The first kappa shape index (κ1) is 33.4. The van der Waals surface area contributed by atoms with Crippen LogP contribution in [0.15, 0.2) is 53.3 Å². The summed E-state index contributed by atoms with van der Waals surface area (Å²) in [6, 6.07) is 11.4. The number of piperidine rings is 1. The minimum absolute atomic E-state index is 0.0290. The van der Waals surface area contributed by atoms with Gasteiger partial charge in [-0.1, -0.05) is 0 Å². The van der Waals surface area contributed by atoms with Crippen molar-refractivity contribution in [3.8, 4) is 5.75 Å². The highest BCUT2D eigenvalue weighted by Crippen LogP contribution is 2.36. The van der Waals surface area contributed by atoms with Gasteiger partial charge in [-0.25, -0.2) is 17.4 Å². The topological polar surface area (TPSA) is 148 Å². The normalized spacial score (nSPS) is 17.0. The van der Waals surface area contributed by atoms with Crippen LogP contribution in [-0.4, -0.2) is 114 Å². The fourth-order valence-corrected chi connectivity index (χ4v) is 7.46. The zero-order chi connectivity index (χ0) is 33.1. The number of ether oxygens (including phenoxy) is 1. The van der Waals surface area contributed by atoms with E-state index in [1.807, 2.05) is 12.1 Å². The van der Waals surface area contributed by atoms with Crippen LogP contribution in [0.1, 0.15) is 18.4 Å². The monoisotopic (exact) mass is 728 g/mol. The van der Waals surface area contributed by atoms with Gasteiger partial charge in [0.25, 0.3) is 0 Å². The molecule has 0 radical (unpaired) electrons. The molecule has 0 unspecified atom stereocenters. The Morgan fingerprint density at radius 1 is 1.04 bits per heavy atom. The zero-order valence-corrected chi connectivity index (χ0v) is 29.0. The van der Waals surface area contributed by atoms with Gasteiger partial charge in [0.2, 0.25) is 16.0 Å². The van der Waals surface area contributed by atoms with E-state index in [9.17, 15) is 18.6 Å². The van der Waals surface area contributed by atoms with Crippen molar-refractivity contribution in [1.82, 2.24) is 23.7 Å². The van der Waals surface area contributed by atoms with Crippen LogP contribution in [0.3, 0.4) is 0 Å². The maximum atomic E-state index is 12.5. The molecule has 4 N–H and O–H groups in total. The number of likely N-dealkylation sites (N-methyl/N-ethyl adjacent to an activating group) is 1. The highest BCUT2D eigenvalue weighted by molar-refractivity contribution is 9.10. The molecule has 252 valence electrons. The summed E-state index contributed by atoms with van der Waals surface area (Å²) in [6.45, 7) is 7.00. The van der Waals surface area contributed by atoms with Crippen LogP contribution >= 0.6 is 15.9 Å². The van der Waals surface area contributed by atoms with Gasteiger partial charge in [0.15, 0.2) is 0 Å². The number of aliphatic hydroxyl groups excluding tert-OH is 1. The molecule has 2 aliphatic rings. The highest BCUT2D eigenvalue weighted by Gasteiger charge is 2.27. The fraction of sp³-hybridized carbons (Fsp3) is 0.438. The summed E-state index contributed by atoms with van der Waals surface area (Å²) < 4.78 is 32.4. The summed E-state index contributed by atoms with van der Waals surface area (Å²) in [5, 5.41) is 26.6. The third kappa shape index (κ3) is 7.66. The average molecular weight is 730 g/mol. The number of anilines is 5. The summed E-state index contributed by atoms with van der Waals surface area (Å²) in [5.41, 5.74) is 3.65. The van der Waals surface area contributed by atoms with E-state index >= 15 is 0 Å². The van der Waals surface area contributed by atoms with E-state index < -0.39 is 10.0 Å². The predicted molar refractivity (Wildman–Crippen MR) is 188 cm³/mol. The van der Waals surface area contributed by atoms with Crippen molar-refractivity contribution in [2.45, 2.75) is 25.5 Å². The van der Waals surface area contributed by atoms with E-state index in [4.69, 9.17) is 4.74 Å². The molecule has 0 spiro atoms. The van der Waals surface area contributed by atoms with Crippen LogP contribution in [0.2, 0.25) is 0 Å². The SMILES string of the molecule is CN1CCN(C2CCN(c3ccc(Nc4ncc(Br)c(Nc5ccc(O)c6ccn(S(C)(=O)=O)c56)n4)cc3COCCO)CC2)CC1. The molecule has 0 saturated carbocycles. The Balaban J connectivity index is 1.21. The Labute approximate surface area is 283 Å². The first-order chi connectivity index (χ1) is 22.6. The van der Waals surface area contributed by atoms with Crippen LogP contribution in [0.5, 0.6) is 5.75 Å². The van der Waals surface area contributed by atoms with E-state index in [1.165, 1.54) is 12.3 Å². The summed E-state index contributed by atoms with van der Waals surface area (Å²) in [5.74, 6) is 0.702. The molecule has 2 aromatic heterocycles. The van der Waals surface area contributed by atoms with Crippen molar-refractivity contribution in [1.29, 1.82) is 0 Å². The summed E-state index contributed by atoms with van der Waals surface area (Å²) >= 11 is 3.50. The number of aliphatic hydroxyl groups is 1. The zero-order valence-electron chi connectivity index (χ0n) is 26.6. The molecule has 2 aliphatic heterocycles. The molecule has 2 aromatic carbocycles. The lowest BCUT2D eigenvalue weighted by Gasteiger charge is -2.43. The summed E-state index contributed by atoms with van der Waals surface area (Å²) in [4.78, 5) is 16.6. The molecule has 15 heteroatoms. The number of hydrogen-bond acceptors (Lipinski definition) is 12. The number of aromatic nitrogens is 3. The lowest BCUT2D eigenvalue weighted by Crippen LogP contribution is -2.52. The summed E-state index contributed by atoms with van der Waals surface area (Å²) in [7, 11) is -1.44. The molecule has 47 heavy (non-hydrogen) atoms. The minimum Gasteiger partial charge on any atom is -0.507 e.